The zero-order chi connectivity index (χ0) is 12.3. The Bertz CT molecular complexity index is 369. The Kier molecular flexibility index (Phi) is 4.16. The molecule has 1 aliphatic rings. The van der Waals surface area contributed by atoms with Crippen molar-refractivity contribution < 1.29 is 0 Å². The average Bonchev–Trinajstić information content (AvgIpc) is 2.22. The van der Waals surface area contributed by atoms with Crippen molar-refractivity contribution in [1.29, 1.82) is 0 Å². The Balaban J connectivity index is 2.17. The van der Waals surface area contributed by atoms with E-state index in [1.807, 2.05) is 6.20 Å². The van der Waals surface area contributed by atoms with E-state index < -0.39 is 0 Å². The lowest BCUT2D eigenvalue weighted by Gasteiger charge is -2.34. The van der Waals surface area contributed by atoms with Crippen LogP contribution in [-0.2, 0) is 0 Å². The summed E-state index contributed by atoms with van der Waals surface area (Å²) in [4.78, 5) is 4.67. The highest BCUT2D eigenvalue weighted by molar-refractivity contribution is 5.26. The van der Waals surface area contributed by atoms with Crippen molar-refractivity contribution in [3.8, 4) is 0 Å². The standard InChI is InChI=1S/C15H24N2/c1-4-8-16-15(13-6-5-7-13)14-12(3)9-11(2)10-17-14/h9-10,13,15-16H,4-8H2,1-3H3. The molecule has 0 saturated heterocycles. The number of hydrogen-bond acceptors (Lipinski definition) is 2. The van der Waals surface area contributed by atoms with E-state index in [-0.39, 0.29) is 0 Å². The van der Waals surface area contributed by atoms with Crippen molar-refractivity contribution in [2.75, 3.05) is 6.54 Å². The third-order valence-electron chi connectivity index (χ3n) is 3.79. The van der Waals surface area contributed by atoms with Gasteiger partial charge in [0.05, 0.1) is 11.7 Å². The first-order valence-corrected chi connectivity index (χ1v) is 6.89. The van der Waals surface area contributed by atoms with Crippen molar-refractivity contribution in [3.05, 3.63) is 29.1 Å². The maximum atomic E-state index is 4.67. The van der Waals surface area contributed by atoms with Crippen LogP contribution in [0.2, 0.25) is 0 Å². The molecule has 94 valence electrons. The predicted molar refractivity (Wildman–Crippen MR) is 72.1 cm³/mol. The van der Waals surface area contributed by atoms with E-state index in [0.29, 0.717) is 6.04 Å². The maximum absolute atomic E-state index is 4.67. The van der Waals surface area contributed by atoms with Gasteiger partial charge in [-0.25, -0.2) is 0 Å². The molecular weight excluding hydrogens is 208 g/mol. The number of rotatable bonds is 5. The van der Waals surface area contributed by atoms with Gasteiger partial charge in [0.2, 0.25) is 0 Å². The molecule has 1 aromatic rings. The minimum absolute atomic E-state index is 0.476. The van der Waals surface area contributed by atoms with Gasteiger partial charge >= 0.3 is 0 Å². The number of pyridine rings is 1. The molecule has 0 spiro atoms. The summed E-state index contributed by atoms with van der Waals surface area (Å²) in [5.41, 5.74) is 3.87. The van der Waals surface area contributed by atoms with Gasteiger partial charge in [0, 0.05) is 6.20 Å². The van der Waals surface area contributed by atoms with Crippen LogP contribution in [0.3, 0.4) is 0 Å². The molecule has 2 heteroatoms. The van der Waals surface area contributed by atoms with Crippen molar-refractivity contribution in [3.63, 3.8) is 0 Å². The minimum Gasteiger partial charge on any atom is -0.308 e. The molecule has 1 N–H and O–H groups in total. The normalized spacial score (nSPS) is 17.8. The van der Waals surface area contributed by atoms with Crippen LogP contribution in [0.4, 0.5) is 0 Å². The zero-order valence-electron chi connectivity index (χ0n) is 11.3. The fraction of sp³-hybridized carbons (Fsp3) is 0.667. The Labute approximate surface area is 105 Å². The first-order chi connectivity index (χ1) is 8.22. The van der Waals surface area contributed by atoms with Crippen LogP contribution in [0.5, 0.6) is 0 Å². The van der Waals surface area contributed by atoms with E-state index in [1.165, 1.54) is 42.5 Å². The van der Waals surface area contributed by atoms with Gasteiger partial charge in [-0.15, -0.1) is 0 Å². The highest BCUT2D eigenvalue weighted by atomic mass is 14.9. The summed E-state index contributed by atoms with van der Waals surface area (Å²) in [6.07, 6.45) is 7.29. The molecule has 0 aromatic carbocycles. The van der Waals surface area contributed by atoms with Gasteiger partial charge < -0.3 is 5.32 Å². The number of hydrogen-bond donors (Lipinski definition) is 1. The minimum atomic E-state index is 0.476. The molecule has 1 fully saturated rings. The third-order valence-corrected chi connectivity index (χ3v) is 3.79. The highest BCUT2D eigenvalue weighted by Crippen LogP contribution is 2.37. The number of aromatic nitrogens is 1. The van der Waals surface area contributed by atoms with Crippen LogP contribution >= 0.6 is 0 Å². The average molecular weight is 232 g/mol. The molecule has 0 bridgehead atoms. The quantitative estimate of drug-likeness (QED) is 0.840. The molecule has 1 aliphatic carbocycles. The van der Waals surface area contributed by atoms with Crippen molar-refractivity contribution in [2.24, 2.45) is 5.92 Å². The maximum Gasteiger partial charge on any atom is 0.0605 e. The molecule has 1 heterocycles. The monoisotopic (exact) mass is 232 g/mol. The summed E-state index contributed by atoms with van der Waals surface area (Å²) >= 11 is 0. The van der Waals surface area contributed by atoms with Gasteiger partial charge in [-0.3, -0.25) is 4.98 Å². The second-order valence-corrected chi connectivity index (χ2v) is 5.34. The van der Waals surface area contributed by atoms with Crippen molar-refractivity contribution in [1.82, 2.24) is 10.3 Å². The topological polar surface area (TPSA) is 24.9 Å². The lowest BCUT2D eigenvalue weighted by Crippen LogP contribution is -2.33. The fourth-order valence-corrected chi connectivity index (χ4v) is 2.61. The summed E-state index contributed by atoms with van der Waals surface area (Å²) in [5.74, 6) is 0.801. The van der Waals surface area contributed by atoms with E-state index in [9.17, 15) is 0 Å². The first kappa shape index (κ1) is 12.6. The Hall–Kier alpha value is -0.890. The number of aryl methyl sites for hydroxylation is 2. The molecule has 0 aliphatic heterocycles. The van der Waals surface area contributed by atoms with Gasteiger partial charge in [-0.2, -0.15) is 0 Å². The van der Waals surface area contributed by atoms with E-state index in [1.54, 1.807) is 0 Å². The lowest BCUT2D eigenvalue weighted by atomic mass is 9.77. The van der Waals surface area contributed by atoms with Crippen LogP contribution in [-0.4, -0.2) is 11.5 Å². The Morgan fingerprint density at radius 1 is 1.41 bits per heavy atom. The van der Waals surface area contributed by atoms with Crippen LogP contribution in [0.25, 0.3) is 0 Å². The van der Waals surface area contributed by atoms with Crippen LogP contribution in [0, 0.1) is 19.8 Å². The largest absolute Gasteiger partial charge is 0.308 e. The van der Waals surface area contributed by atoms with Gasteiger partial charge in [-0.05, 0) is 56.7 Å². The fourth-order valence-electron chi connectivity index (χ4n) is 2.61. The SMILES string of the molecule is CCCNC(c1ncc(C)cc1C)C1CCC1. The van der Waals surface area contributed by atoms with Crippen molar-refractivity contribution >= 4 is 0 Å². The second kappa shape index (κ2) is 5.63. The van der Waals surface area contributed by atoms with Gasteiger partial charge in [0.1, 0.15) is 0 Å². The van der Waals surface area contributed by atoms with Crippen LogP contribution in [0.15, 0.2) is 12.3 Å². The first-order valence-electron chi connectivity index (χ1n) is 6.89. The molecule has 0 radical (unpaired) electrons. The summed E-state index contributed by atoms with van der Waals surface area (Å²) in [6.45, 7) is 7.62. The molecule has 0 amide bonds. The van der Waals surface area contributed by atoms with Crippen molar-refractivity contribution in [2.45, 2.75) is 52.5 Å². The molecule has 1 aromatic heterocycles. The summed E-state index contributed by atoms with van der Waals surface area (Å²) in [5, 5.41) is 3.69. The predicted octanol–water partition coefficient (Wildman–Crippen LogP) is 3.54. The molecule has 17 heavy (non-hydrogen) atoms. The van der Waals surface area contributed by atoms with E-state index >= 15 is 0 Å². The van der Waals surface area contributed by atoms with Gasteiger partial charge in [-0.1, -0.05) is 19.4 Å². The molecule has 2 rings (SSSR count). The van der Waals surface area contributed by atoms with E-state index in [0.717, 1.165) is 12.5 Å². The number of nitrogens with one attached hydrogen (secondary N) is 1. The molecule has 1 atom stereocenters. The van der Waals surface area contributed by atoms with Crippen LogP contribution in [0.1, 0.15) is 55.5 Å². The highest BCUT2D eigenvalue weighted by Gasteiger charge is 2.29. The van der Waals surface area contributed by atoms with Crippen LogP contribution < -0.4 is 5.32 Å². The number of nitrogens with zero attached hydrogens (tertiary/aromatic N) is 1. The van der Waals surface area contributed by atoms with Gasteiger partial charge in [0.15, 0.2) is 0 Å². The zero-order valence-corrected chi connectivity index (χ0v) is 11.3. The molecule has 1 saturated carbocycles. The summed E-state index contributed by atoms with van der Waals surface area (Å²) < 4.78 is 0. The Morgan fingerprint density at radius 2 is 2.18 bits per heavy atom. The van der Waals surface area contributed by atoms with E-state index in [2.05, 4.69) is 37.1 Å². The third kappa shape index (κ3) is 2.86. The van der Waals surface area contributed by atoms with Gasteiger partial charge in [0.25, 0.3) is 0 Å². The Morgan fingerprint density at radius 3 is 2.71 bits per heavy atom. The molecule has 2 nitrogen and oxygen atoms in total. The molecular formula is C15H24N2. The molecule has 1 unspecified atom stereocenters. The second-order valence-electron chi connectivity index (χ2n) is 5.34. The summed E-state index contributed by atoms with van der Waals surface area (Å²) in [7, 11) is 0. The van der Waals surface area contributed by atoms with E-state index in [4.69, 9.17) is 0 Å². The smallest absolute Gasteiger partial charge is 0.0605 e. The summed E-state index contributed by atoms with van der Waals surface area (Å²) in [6, 6.07) is 2.73. The lowest BCUT2D eigenvalue weighted by molar-refractivity contribution is 0.227.